The molecule has 3 rings (SSSR count). The molecule has 3 heterocycles. The molecule has 0 unspecified atom stereocenters. The Balaban J connectivity index is 1.68. The second kappa shape index (κ2) is 5.24. The molecule has 2 atom stereocenters. The highest BCUT2D eigenvalue weighted by Crippen LogP contribution is 2.24. The van der Waals surface area contributed by atoms with Gasteiger partial charge in [-0.05, 0) is 24.4 Å². The number of aliphatic hydroxyl groups excluding tert-OH is 1. The van der Waals surface area contributed by atoms with Gasteiger partial charge in [-0.1, -0.05) is 12.8 Å². The second-order valence-corrected chi connectivity index (χ2v) is 5.18. The van der Waals surface area contributed by atoms with Crippen molar-refractivity contribution in [3.63, 3.8) is 0 Å². The highest BCUT2D eigenvalue weighted by atomic mass is 16.5. The van der Waals surface area contributed by atoms with Crippen molar-refractivity contribution in [1.29, 1.82) is 0 Å². The zero-order valence-corrected chi connectivity index (χ0v) is 10.5. The Bertz CT molecular complexity index is 387. The van der Waals surface area contributed by atoms with E-state index in [1.807, 2.05) is 0 Å². The lowest BCUT2D eigenvalue weighted by molar-refractivity contribution is 0.191. The first kappa shape index (κ1) is 11.9. The standard InChI is InChI=1S/C12H20N4O2/c17-9-7-10(13-8-9)11-14-12(15-18-11)16-5-3-1-2-4-6-16/h9-10,13,17H,1-8H2/t9-,10-/m0/s1. The molecule has 0 aromatic carbocycles. The van der Waals surface area contributed by atoms with E-state index in [-0.39, 0.29) is 12.1 Å². The number of anilines is 1. The Morgan fingerprint density at radius 3 is 2.67 bits per heavy atom. The molecule has 2 N–H and O–H groups in total. The van der Waals surface area contributed by atoms with Crippen LogP contribution in [0.25, 0.3) is 0 Å². The third-order valence-electron chi connectivity index (χ3n) is 3.73. The molecular weight excluding hydrogens is 232 g/mol. The minimum Gasteiger partial charge on any atom is -0.392 e. The summed E-state index contributed by atoms with van der Waals surface area (Å²) in [7, 11) is 0. The monoisotopic (exact) mass is 252 g/mol. The average Bonchev–Trinajstić information content (AvgIpc) is 2.92. The zero-order chi connectivity index (χ0) is 12.4. The summed E-state index contributed by atoms with van der Waals surface area (Å²) in [4.78, 5) is 6.67. The minimum atomic E-state index is -0.302. The lowest BCUT2D eigenvalue weighted by Gasteiger charge is -2.16. The molecule has 0 amide bonds. The fourth-order valence-electron chi connectivity index (χ4n) is 2.67. The maximum absolute atomic E-state index is 9.49. The molecule has 6 nitrogen and oxygen atoms in total. The highest BCUT2D eigenvalue weighted by molar-refractivity contribution is 5.28. The summed E-state index contributed by atoms with van der Waals surface area (Å²) >= 11 is 0. The zero-order valence-electron chi connectivity index (χ0n) is 10.5. The van der Waals surface area contributed by atoms with Gasteiger partial charge in [0.05, 0.1) is 12.1 Å². The summed E-state index contributed by atoms with van der Waals surface area (Å²) in [5.41, 5.74) is 0. The number of nitrogens with zero attached hydrogens (tertiary/aromatic N) is 3. The van der Waals surface area contributed by atoms with Gasteiger partial charge in [-0.2, -0.15) is 4.98 Å². The number of β-amino-alcohol motifs (C(OH)–C–C–N with tert-alkyl or cyclic N) is 1. The largest absolute Gasteiger partial charge is 0.392 e. The first-order valence-electron chi connectivity index (χ1n) is 6.83. The summed E-state index contributed by atoms with van der Waals surface area (Å²) in [6, 6.07) is 0.00762. The normalized spacial score (nSPS) is 29.5. The molecule has 18 heavy (non-hydrogen) atoms. The van der Waals surface area contributed by atoms with Crippen molar-refractivity contribution in [2.45, 2.75) is 44.2 Å². The Morgan fingerprint density at radius 1 is 1.22 bits per heavy atom. The van der Waals surface area contributed by atoms with Gasteiger partial charge >= 0.3 is 0 Å². The van der Waals surface area contributed by atoms with Crippen molar-refractivity contribution in [2.75, 3.05) is 24.5 Å². The van der Waals surface area contributed by atoms with Gasteiger partial charge < -0.3 is 19.8 Å². The molecule has 1 aromatic rings. The van der Waals surface area contributed by atoms with Crippen LogP contribution in [-0.2, 0) is 0 Å². The summed E-state index contributed by atoms with van der Waals surface area (Å²) < 4.78 is 5.31. The van der Waals surface area contributed by atoms with Gasteiger partial charge in [0.1, 0.15) is 0 Å². The van der Waals surface area contributed by atoms with Crippen LogP contribution in [0.5, 0.6) is 0 Å². The number of hydrogen-bond donors (Lipinski definition) is 2. The van der Waals surface area contributed by atoms with Gasteiger partial charge in [0, 0.05) is 19.6 Å². The fraction of sp³-hybridized carbons (Fsp3) is 0.833. The fourth-order valence-corrected chi connectivity index (χ4v) is 2.67. The molecule has 100 valence electrons. The van der Waals surface area contributed by atoms with E-state index in [1.54, 1.807) is 0 Å². The van der Waals surface area contributed by atoms with Gasteiger partial charge in [-0.3, -0.25) is 0 Å². The van der Waals surface area contributed by atoms with Crippen molar-refractivity contribution in [3.05, 3.63) is 5.89 Å². The molecule has 6 heteroatoms. The van der Waals surface area contributed by atoms with Gasteiger partial charge in [-0.15, -0.1) is 0 Å². The smallest absolute Gasteiger partial charge is 0.266 e. The molecule has 0 saturated carbocycles. The van der Waals surface area contributed by atoms with Crippen LogP contribution in [-0.4, -0.2) is 41.0 Å². The third kappa shape index (κ3) is 2.49. The van der Waals surface area contributed by atoms with Crippen molar-refractivity contribution in [1.82, 2.24) is 15.5 Å². The number of aromatic nitrogens is 2. The van der Waals surface area contributed by atoms with Crippen molar-refractivity contribution in [3.8, 4) is 0 Å². The second-order valence-electron chi connectivity index (χ2n) is 5.18. The first-order valence-corrected chi connectivity index (χ1v) is 6.83. The highest BCUT2D eigenvalue weighted by Gasteiger charge is 2.28. The summed E-state index contributed by atoms with van der Waals surface area (Å²) in [6.45, 7) is 2.63. The Labute approximate surface area is 106 Å². The van der Waals surface area contributed by atoms with E-state index in [4.69, 9.17) is 4.52 Å². The Kier molecular flexibility index (Phi) is 3.47. The predicted molar refractivity (Wildman–Crippen MR) is 66.3 cm³/mol. The van der Waals surface area contributed by atoms with Gasteiger partial charge in [-0.25, -0.2) is 0 Å². The van der Waals surface area contributed by atoms with E-state index in [9.17, 15) is 5.11 Å². The quantitative estimate of drug-likeness (QED) is 0.812. The Morgan fingerprint density at radius 2 is 2.00 bits per heavy atom. The lowest BCUT2D eigenvalue weighted by Crippen LogP contribution is -2.25. The van der Waals surface area contributed by atoms with Gasteiger partial charge in [0.25, 0.3) is 5.95 Å². The van der Waals surface area contributed by atoms with Gasteiger partial charge in [0.15, 0.2) is 0 Å². The van der Waals surface area contributed by atoms with Crippen LogP contribution in [0, 0.1) is 0 Å². The predicted octanol–water partition coefficient (Wildman–Crippen LogP) is 0.845. The molecular formula is C12H20N4O2. The van der Waals surface area contributed by atoms with Crippen molar-refractivity contribution >= 4 is 5.95 Å². The number of nitrogens with one attached hydrogen (secondary N) is 1. The van der Waals surface area contributed by atoms with Crippen LogP contribution in [0.15, 0.2) is 4.52 Å². The van der Waals surface area contributed by atoms with Crippen LogP contribution in [0.2, 0.25) is 0 Å². The number of hydrogen-bond acceptors (Lipinski definition) is 6. The summed E-state index contributed by atoms with van der Waals surface area (Å²) in [5.74, 6) is 1.31. The summed E-state index contributed by atoms with van der Waals surface area (Å²) in [5, 5.41) is 16.7. The molecule has 0 radical (unpaired) electrons. The SMILES string of the molecule is O[C@@H]1CN[C@H](c2nc(N3CCCCCC3)no2)C1. The average molecular weight is 252 g/mol. The molecule has 0 bridgehead atoms. The maximum atomic E-state index is 9.49. The molecule has 2 saturated heterocycles. The third-order valence-corrected chi connectivity index (χ3v) is 3.73. The van der Waals surface area contributed by atoms with Crippen molar-refractivity contribution in [2.24, 2.45) is 0 Å². The molecule has 1 aromatic heterocycles. The van der Waals surface area contributed by atoms with E-state index < -0.39 is 0 Å². The maximum Gasteiger partial charge on any atom is 0.266 e. The minimum absolute atomic E-state index is 0.00762. The van der Waals surface area contributed by atoms with Gasteiger partial charge in [0.2, 0.25) is 5.89 Å². The van der Waals surface area contributed by atoms with E-state index >= 15 is 0 Å². The van der Waals surface area contributed by atoms with Crippen molar-refractivity contribution < 1.29 is 9.63 Å². The first-order chi connectivity index (χ1) is 8.83. The van der Waals surface area contributed by atoms with E-state index in [0.29, 0.717) is 24.8 Å². The topological polar surface area (TPSA) is 74.4 Å². The van der Waals surface area contributed by atoms with E-state index in [0.717, 1.165) is 13.1 Å². The van der Waals surface area contributed by atoms with Crippen LogP contribution < -0.4 is 10.2 Å². The molecule has 2 fully saturated rings. The number of rotatable bonds is 2. The molecule has 0 spiro atoms. The lowest BCUT2D eigenvalue weighted by atomic mass is 10.2. The van der Waals surface area contributed by atoms with E-state index in [2.05, 4.69) is 20.4 Å². The molecule has 2 aliphatic rings. The number of aliphatic hydroxyl groups is 1. The van der Waals surface area contributed by atoms with Crippen LogP contribution in [0.4, 0.5) is 5.95 Å². The van der Waals surface area contributed by atoms with E-state index in [1.165, 1.54) is 25.7 Å². The van der Waals surface area contributed by atoms with Crippen LogP contribution >= 0.6 is 0 Å². The van der Waals surface area contributed by atoms with Crippen LogP contribution in [0.3, 0.4) is 0 Å². The Hall–Kier alpha value is -1.14. The van der Waals surface area contributed by atoms with Crippen LogP contribution in [0.1, 0.15) is 44.0 Å². The molecule has 2 aliphatic heterocycles. The summed E-state index contributed by atoms with van der Waals surface area (Å²) in [6.07, 6.45) is 5.33. The molecule has 0 aliphatic carbocycles.